The first kappa shape index (κ1) is 23.1. The molecule has 2 aliphatic heterocycles. The summed E-state index contributed by atoms with van der Waals surface area (Å²) in [5, 5.41) is -0.0764. The molecule has 3 rings (SSSR count). The first-order chi connectivity index (χ1) is 13.8. The van der Waals surface area contributed by atoms with Crippen molar-refractivity contribution < 1.29 is 35.5 Å². The summed E-state index contributed by atoms with van der Waals surface area (Å²) in [4.78, 5) is 13.4. The molecule has 0 unspecified atom stereocenters. The van der Waals surface area contributed by atoms with Crippen LogP contribution in [0.3, 0.4) is 0 Å². The Morgan fingerprint density at radius 3 is 2.40 bits per heavy atom. The van der Waals surface area contributed by atoms with E-state index in [9.17, 15) is 30.8 Å². The topological polar surface area (TPSA) is 75.7 Å². The van der Waals surface area contributed by atoms with Crippen molar-refractivity contribution >= 4 is 27.5 Å². The molecule has 2 fully saturated rings. The minimum atomic E-state index is -4.24. The molecule has 2 saturated heterocycles. The number of carbonyl (C=O) groups is 1. The van der Waals surface area contributed by atoms with Crippen molar-refractivity contribution in [2.24, 2.45) is 5.92 Å². The van der Waals surface area contributed by atoms with Crippen molar-refractivity contribution in [3.05, 3.63) is 28.5 Å². The van der Waals surface area contributed by atoms with Gasteiger partial charge in [0.15, 0.2) is 0 Å². The number of nitrogens with zero attached hydrogens (tertiary/aromatic N) is 1. The van der Waals surface area contributed by atoms with Crippen molar-refractivity contribution in [3.63, 3.8) is 0 Å². The summed E-state index contributed by atoms with van der Waals surface area (Å²) >= 11 is 6.05. The van der Waals surface area contributed by atoms with Crippen LogP contribution in [0, 0.1) is 11.7 Å². The smallest absolute Gasteiger partial charge is 0.401 e. The van der Waals surface area contributed by atoms with Crippen LogP contribution >= 0.6 is 11.6 Å². The maximum absolute atomic E-state index is 14.3. The molecule has 0 aliphatic carbocycles. The Morgan fingerprint density at radius 2 is 1.87 bits per heavy atom. The van der Waals surface area contributed by atoms with Gasteiger partial charge in [-0.05, 0) is 37.7 Å². The fourth-order valence-corrected chi connectivity index (χ4v) is 4.90. The second-order valence-corrected chi connectivity index (χ2v) is 9.94. The molecule has 1 amide bonds. The van der Waals surface area contributed by atoms with Crippen LogP contribution in [0.15, 0.2) is 12.1 Å². The van der Waals surface area contributed by atoms with Crippen molar-refractivity contribution in [2.75, 3.05) is 19.4 Å². The second-order valence-electron chi connectivity index (χ2n) is 7.79. The molecule has 2 bridgehead atoms. The Balaban J connectivity index is 1.62. The Hall–Kier alpha value is -1.59. The molecule has 168 valence electrons. The van der Waals surface area contributed by atoms with Gasteiger partial charge in [0.25, 0.3) is 5.91 Å². The lowest BCUT2D eigenvalue weighted by Gasteiger charge is -2.39. The second kappa shape index (κ2) is 8.51. The van der Waals surface area contributed by atoms with E-state index in [-0.39, 0.29) is 35.4 Å². The van der Waals surface area contributed by atoms with E-state index in [4.69, 9.17) is 16.3 Å². The van der Waals surface area contributed by atoms with Gasteiger partial charge in [-0.2, -0.15) is 13.2 Å². The molecule has 1 N–H and O–H groups in total. The van der Waals surface area contributed by atoms with Gasteiger partial charge in [-0.15, -0.1) is 0 Å². The predicted molar refractivity (Wildman–Crippen MR) is 102 cm³/mol. The fourth-order valence-electron chi connectivity index (χ4n) is 4.23. The summed E-state index contributed by atoms with van der Waals surface area (Å²) < 4.78 is 82.1. The van der Waals surface area contributed by atoms with Crippen molar-refractivity contribution in [3.8, 4) is 5.75 Å². The summed E-state index contributed by atoms with van der Waals surface area (Å²) in [5.41, 5.74) is -0.545. The highest BCUT2D eigenvalue weighted by Crippen LogP contribution is 2.40. The zero-order valence-electron chi connectivity index (χ0n) is 16.0. The van der Waals surface area contributed by atoms with Crippen LogP contribution in [0.5, 0.6) is 5.75 Å². The maximum atomic E-state index is 14.3. The number of amides is 1. The highest BCUT2D eigenvalue weighted by atomic mass is 35.5. The zero-order valence-corrected chi connectivity index (χ0v) is 17.6. The average molecular weight is 473 g/mol. The Morgan fingerprint density at radius 1 is 1.27 bits per heavy atom. The minimum Gasteiger partial charge on any atom is -0.492 e. The number of ether oxygens (including phenoxy) is 1. The molecule has 1 aromatic carbocycles. The lowest BCUT2D eigenvalue weighted by Crippen LogP contribution is -2.48. The van der Waals surface area contributed by atoms with Gasteiger partial charge in [-0.3, -0.25) is 9.69 Å². The molecule has 2 heterocycles. The molecule has 0 spiro atoms. The standard InChI is InChI=1S/C18H21ClF4N2O4S/c1-30(27,28)24-17(26)13-6-14(19)16(7-15(13)20)29-8-10-4-11-2-3-12(5-10)25(11)9-18(21,22)23/h6-7,10-12H,2-5,8-9H2,1H3,(H,24,26)/t10-,11-,12+. The number of nitrogens with one attached hydrogen (secondary N) is 1. The van der Waals surface area contributed by atoms with Crippen LogP contribution in [0.1, 0.15) is 36.0 Å². The fraction of sp³-hybridized carbons (Fsp3) is 0.611. The molecular formula is C18H21ClF4N2O4S. The van der Waals surface area contributed by atoms with Gasteiger partial charge in [0.1, 0.15) is 11.6 Å². The quantitative estimate of drug-likeness (QED) is 0.643. The van der Waals surface area contributed by atoms with Crippen LogP contribution in [-0.4, -0.2) is 56.9 Å². The van der Waals surface area contributed by atoms with Crippen LogP contribution in [0.25, 0.3) is 0 Å². The number of carbonyl (C=O) groups excluding carboxylic acids is 1. The number of piperidine rings is 1. The monoisotopic (exact) mass is 472 g/mol. The maximum Gasteiger partial charge on any atom is 0.401 e. The molecule has 6 nitrogen and oxygen atoms in total. The van der Waals surface area contributed by atoms with Gasteiger partial charge >= 0.3 is 6.18 Å². The van der Waals surface area contributed by atoms with Crippen molar-refractivity contribution in [1.29, 1.82) is 0 Å². The average Bonchev–Trinajstić information content (AvgIpc) is 2.82. The summed E-state index contributed by atoms with van der Waals surface area (Å²) in [6.07, 6.45) is -0.980. The Bertz CT molecular complexity index is 911. The van der Waals surface area contributed by atoms with Gasteiger partial charge in [-0.25, -0.2) is 17.5 Å². The van der Waals surface area contributed by atoms with Crippen LogP contribution in [0.4, 0.5) is 17.6 Å². The lowest BCUT2D eigenvalue weighted by molar-refractivity contribution is -0.157. The van der Waals surface area contributed by atoms with Gasteiger partial charge in [0.05, 0.1) is 30.0 Å². The van der Waals surface area contributed by atoms with E-state index in [2.05, 4.69) is 0 Å². The number of benzene rings is 1. The molecule has 30 heavy (non-hydrogen) atoms. The molecule has 3 atom stereocenters. The highest BCUT2D eigenvalue weighted by molar-refractivity contribution is 7.89. The van der Waals surface area contributed by atoms with Gasteiger partial charge in [0.2, 0.25) is 10.0 Å². The van der Waals surface area contributed by atoms with E-state index in [1.807, 2.05) is 0 Å². The van der Waals surface area contributed by atoms with E-state index in [1.165, 1.54) is 4.90 Å². The van der Waals surface area contributed by atoms with E-state index < -0.39 is 40.0 Å². The molecular weight excluding hydrogens is 452 g/mol. The van der Waals surface area contributed by atoms with Gasteiger partial charge in [-0.1, -0.05) is 11.6 Å². The highest BCUT2D eigenvalue weighted by Gasteiger charge is 2.45. The van der Waals surface area contributed by atoms with Crippen molar-refractivity contribution in [2.45, 2.75) is 43.9 Å². The molecule has 2 aliphatic rings. The SMILES string of the molecule is CS(=O)(=O)NC(=O)c1cc(Cl)c(OC[C@@H]2C[C@H]3CC[C@@H](C2)N3CC(F)(F)F)cc1F. The number of halogens is 5. The van der Waals surface area contributed by atoms with Gasteiger partial charge in [0, 0.05) is 18.2 Å². The number of rotatable bonds is 6. The Labute approximate surface area is 176 Å². The lowest BCUT2D eigenvalue weighted by atomic mass is 9.91. The first-order valence-corrected chi connectivity index (χ1v) is 11.6. The minimum absolute atomic E-state index is 0.000629. The third kappa shape index (κ3) is 5.76. The van der Waals surface area contributed by atoms with E-state index in [1.54, 1.807) is 4.72 Å². The molecule has 12 heteroatoms. The number of sulfonamides is 1. The zero-order chi connectivity index (χ0) is 22.3. The van der Waals surface area contributed by atoms with E-state index in [0.29, 0.717) is 25.7 Å². The normalized spacial score (nSPS) is 24.7. The van der Waals surface area contributed by atoms with E-state index >= 15 is 0 Å². The largest absolute Gasteiger partial charge is 0.492 e. The van der Waals surface area contributed by atoms with Crippen LogP contribution in [-0.2, 0) is 10.0 Å². The third-order valence-electron chi connectivity index (χ3n) is 5.36. The molecule has 0 radical (unpaired) electrons. The molecule has 1 aromatic rings. The number of alkyl halides is 3. The number of hydrogen-bond donors (Lipinski definition) is 1. The van der Waals surface area contributed by atoms with Crippen LogP contribution < -0.4 is 9.46 Å². The first-order valence-electron chi connectivity index (χ1n) is 9.29. The third-order valence-corrected chi connectivity index (χ3v) is 6.21. The molecule has 0 saturated carbocycles. The number of hydrogen-bond acceptors (Lipinski definition) is 5. The summed E-state index contributed by atoms with van der Waals surface area (Å²) in [6, 6.07) is 1.55. The molecule has 0 aromatic heterocycles. The van der Waals surface area contributed by atoms with Crippen LogP contribution in [0.2, 0.25) is 5.02 Å². The summed E-state index contributed by atoms with van der Waals surface area (Å²) in [6.45, 7) is -0.759. The summed E-state index contributed by atoms with van der Waals surface area (Å²) in [7, 11) is -3.87. The van der Waals surface area contributed by atoms with E-state index in [0.717, 1.165) is 18.4 Å². The predicted octanol–water partition coefficient (Wildman–Crippen LogP) is 3.35. The Kier molecular flexibility index (Phi) is 6.54. The van der Waals surface area contributed by atoms with Crippen molar-refractivity contribution in [1.82, 2.24) is 9.62 Å². The number of fused-ring (bicyclic) bond motifs is 2. The van der Waals surface area contributed by atoms with Gasteiger partial charge < -0.3 is 4.74 Å². The summed E-state index contributed by atoms with van der Waals surface area (Å²) in [5.74, 6) is -2.18.